The third-order valence-corrected chi connectivity index (χ3v) is 6.62. The van der Waals surface area contributed by atoms with Gasteiger partial charge < -0.3 is 19.7 Å². The fraction of sp³-hybridized carbons (Fsp3) is 0.375. The predicted octanol–water partition coefficient (Wildman–Crippen LogP) is -0.212. The van der Waals surface area contributed by atoms with E-state index < -0.39 is 11.5 Å². The third-order valence-electron chi connectivity index (χ3n) is 6.62. The number of aromatic nitrogens is 5. The Morgan fingerprint density at radius 2 is 1.97 bits per heavy atom. The van der Waals surface area contributed by atoms with Gasteiger partial charge in [-0.2, -0.15) is 0 Å². The van der Waals surface area contributed by atoms with Crippen LogP contribution in [-0.2, 0) is 11.3 Å². The molecule has 0 spiro atoms. The lowest BCUT2D eigenvalue weighted by Gasteiger charge is -2.20. The molecule has 36 heavy (non-hydrogen) atoms. The highest BCUT2D eigenvalue weighted by Gasteiger charge is 2.39. The van der Waals surface area contributed by atoms with E-state index in [0.717, 1.165) is 0 Å². The van der Waals surface area contributed by atoms with Gasteiger partial charge in [0, 0.05) is 58.0 Å². The van der Waals surface area contributed by atoms with Crippen molar-refractivity contribution >= 4 is 17.7 Å². The highest BCUT2D eigenvalue weighted by Crippen LogP contribution is 2.31. The molecule has 5 heterocycles. The molecule has 186 valence electrons. The number of rotatable bonds is 1. The van der Waals surface area contributed by atoms with E-state index in [1.165, 1.54) is 15.5 Å². The van der Waals surface area contributed by atoms with E-state index in [9.17, 15) is 19.2 Å². The van der Waals surface area contributed by atoms with Crippen molar-refractivity contribution < 1.29 is 14.4 Å². The molecular formula is C24H26N8O4. The molecule has 2 atom stereocenters. The Balaban J connectivity index is 1.46. The molecular weight excluding hydrogens is 464 g/mol. The van der Waals surface area contributed by atoms with Crippen molar-refractivity contribution in [3.63, 3.8) is 0 Å². The lowest BCUT2D eigenvalue weighted by Crippen LogP contribution is -2.39. The second-order valence-corrected chi connectivity index (χ2v) is 9.08. The standard InChI is InChI=1S/C24H26N8O4/c1-29-10-8-26-21(33)11-16-12-31(24(36)19-6-2-3-7-25-19)15-20(16)32-14-17(27-28-32)13-30-9-4-5-18(22(29)34)23(30)35/h2-7,9,14,16,20H,8,10-13,15H2,1H3,(H,26,33)/t16-,20+/m0/s1. The molecule has 0 radical (unpaired) electrons. The summed E-state index contributed by atoms with van der Waals surface area (Å²) < 4.78 is 3.09. The zero-order valence-corrected chi connectivity index (χ0v) is 19.8. The number of nitrogens with zero attached hydrogens (tertiary/aromatic N) is 7. The number of pyridine rings is 2. The van der Waals surface area contributed by atoms with Crippen LogP contribution in [0.3, 0.4) is 0 Å². The Bertz CT molecular complexity index is 1350. The first kappa shape index (κ1) is 23.4. The number of likely N-dealkylation sites (N-methyl/N-ethyl adjacent to an activating group) is 1. The maximum atomic E-state index is 13.1. The molecule has 3 amide bonds. The molecule has 0 aromatic carbocycles. The predicted molar refractivity (Wildman–Crippen MR) is 127 cm³/mol. The minimum atomic E-state index is -0.425. The average molecular weight is 491 g/mol. The molecule has 1 saturated heterocycles. The Labute approximate surface area is 206 Å². The van der Waals surface area contributed by atoms with Crippen molar-refractivity contribution in [2.24, 2.45) is 5.92 Å². The summed E-state index contributed by atoms with van der Waals surface area (Å²) in [7, 11) is 1.59. The first-order valence-electron chi connectivity index (χ1n) is 11.7. The minimum absolute atomic E-state index is 0.0466. The zero-order chi connectivity index (χ0) is 25.2. The van der Waals surface area contributed by atoms with Crippen molar-refractivity contribution in [3.05, 3.63) is 76.2 Å². The van der Waals surface area contributed by atoms with E-state index in [-0.39, 0.29) is 55.4 Å². The summed E-state index contributed by atoms with van der Waals surface area (Å²) in [6, 6.07) is 8.03. The number of nitrogens with one attached hydrogen (secondary N) is 1. The summed E-state index contributed by atoms with van der Waals surface area (Å²) in [6.07, 6.45) is 5.08. The van der Waals surface area contributed by atoms with Gasteiger partial charge in [0.25, 0.3) is 17.4 Å². The van der Waals surface area contributed by atoms with Gasteiger partial charge in [-0.05, 0) is 24.3 Å². The van der Waals surface area contributed by atoms with Gasteiger partial charge in [-0.3, -0.25) is 24.2 Å². The molecule has 12 nitrogen and oxygen atoms in total. The molecule has 2 aliphatic heterocycles. The topological polar surface area (TPSA) is 135 Å². The number of carbonyl (C=O) groups is 3. The summed E-state index contributed by atoms with van der Waals surface area (Å²) >= 11 is 0. The van der Waals surface area contributed by atoms with Gasteiger partial charge in [-0.15, -0.1) is 5.10 Å². The number of likely N-dealkylation sites (tertiary alicyclic amines) is 1. The molecule has 0 unspecified atom stereocenters. The van der Waals surface area contributed by atoms with Gasteiger partial charge in [0.05, 0.1) is 18.8 Å². The van der Waals surface area contributed by atoms with Crippen molar-refractivity contribution in [2.75, 3.05) is 33.2 Å². The largest absolute Gasteiger partial charge is 0.354 e. The second-order valence-electron chi connectivity index (χ2n) is 9.08. The highest BCUT2D eigenvalue weighted by molar-refractivity contribution is 5.94. The third kappa shape index (κ3) is 4.61. The number of hydrogen-bond donors (Lipinski definition) is 1. The molecule has 2 aliphatic rings. The molecule has 4 bridgehead atoms. The van der Waals surface area contributed by atoms with Crippen LogP contribution in [-0.4, -0.2) is 85.3 Å². The quantitative estimate of drug-likeness (QED) is 0.499. The smallest absolute Gasteiger partial charge is 0.272 e. The molecule has 0 saturated carbocycles. The van der Waals surface area contributed by atoms with Gasteiger partial charge in [-0.25, -0.2) is 4.68 Å². The average Bonchev–Trinajstić information content (AvgIpc) is 3.51. The van der Waals surface area contributed by atoms with Gasteiger partial charge in [-0.1, -0.05) is 11.3 Å². The number of amides is 3. The van der Waals surface area contributed by atoms with Crippen molar-refractivity contribution in [2.45, 2.75) is 19.0 Å². The molecule has 5 rings (SSSR count). The van der Waals surface area contributed by atoms with E-state index in [2.05, 4.69) is 20.6 Å². The van der Waals surface area contributed by atoms with E-state index in [0.29, 0.717) is 24.5 Å². The van der Waals surface area contributed by atoms with E-state index in [1.807, 2.05) is 0 Å². The van der Waals surface area contributed by atoms with Gasteiger partial charge in [0.1, 0.15) is 17.0 Å². The van der Waals surface area contributed by atoms with Crippen LogP contribution in [0, 0.1) is 5.92 Å². The highest BCUT2D eigenvalue weighted by atomic mass is 16.2. The fourth-order valence-electron chi connectivity index (χ4n) is 4.70. The molecule has 0 aliphatic carbocycles. The molecule has 12 heteroatoms. The van der Waals surface area contributed by atoms with Crippen molar-refractivity contribution in [1.82, 2.24) is 39.7 Å². The van der Waals surface area contributed by atoms with Gasteiger partial charge in [0.2, 0.25) is 5.91 Å². The SMILES string of the molecule is CN1CCNC(=O)C[C@H]2CN(C(=O)c3ccccn3)C[C@H]2n2cc(nn2)Cn2cccc(c2=O)C1=O. The summed E-state index contributed by atoms with van der Waals surface area (Å²) in [6.45, 7) is 1.34. The van der Waals surface area contributed by atoms with Crippen LogP contribution in [0.5, 0.6) is 0 Å². The summed E-state index contributed by atoms with van der Waals surface area (Å²) in [5.74, 6) is -1.02. The van der Waals surface area contributed by atoms with E-state index >= 15 is 0 Å². The van der Waals surface area contributed by atoms with Crippen LogP contribution < -0.4 is 10.9 Å². The van der Waals surface area contributed by atoms with E-state index in [1.54, 1.807) is 59.5 Å². The Morgan fingerprint density at radius 3 is 2.78 bits per heavy atom. The Morgan fingerprint density at radius 1 is 1.11 bits per heavy atom. The molecule has 1 fully saturated rings. The number of fused-ring (bicyclic) bond motifs is 6. The van der Waals surface area contributed by atoms with Crippen molar-refractivity contribution in [3.8, 4) is 0 Å². The Kier molecular flexibility index (Phi) is 6.32. The van der Waals surface area contributed by atoms with Gasteiger partial charge in [0.15, 0.2) is 0 Å². The maximum absolute atomic E-state index is 13.1. The van der Waals surface area contributed by atoms with Crippen LogP contribution in [0.1, 0.15) is 39.0 Å². The van der Waals surface area contributed by atoms with Crippen LogP contribution in [0.15, 0.2) is 53.7 Å². The monoisotopic (exact) mass is 490 g/mol. The number of hydrogen-bond acceptors (Lipinski definition) is 7. The van der Waals surface area contributed by atoms with Crippen molar-refractivity contribution in [1.29, 1.82) is 0 Å². The molecule has 3 aromatic rings. The minimum Gasteiger partial charge on any atom is -0.354 e. The zero-order valence-electron chi connectivity index (χ0n) is 19.8. The first-order valence-corrected chi connectivity index (χ1v) is 11.7. The summed E-state index contributed by atoms with van der Waals surface area (Å²) in [5, 5.41) is 11.3. The molecule has 3 aromatic heterocycles. The number of carbonyl (C=O) groups excluding carboxylic acids is 3. The summed E-state index contributed by atoms with van der Waals surface area (Å²) in [4.78, 5) is 58.9. The van der Waals surface area contributed by atoms with Crippen LogP contribution in [0.2, 0.25) is 0 Å². The first-order chi connectivity index (χ1) is 17.4. The van der Waals surface area contributed by atoms with Crippen LogP contribution in [0.25, 0.3) is 0 Å². The van der Waals surface area contributed by atoms with E-state index in [4.69, 9.17) is 0 Å². The Hall–Kier alpha value is -4.35. The fourth-order valence-corrected chi connectivity index (χ4v) is 4.70. The summed E-state index contributed by atoms with van der Waals surface area (Å²) in [5.41, 5.74) is 0.488. The van der Waals surface area contributed by atoms with Crippen LogP contribution in [0.4, 0.5) is 0 Å². The maximum Gasteiger partial charge on any atom is 0.272 e. The van der Waals surface area contributed by atoms with Gasteiger partial charge >= 0.3 is 0 Å². The lowest BCUT2D eigenvalue weighted by atomic mass is 9.99. The molecule has 1 N–H and O–H groups in total. The lowest BCUT2D eigenvalue weighted by molar-refractivity contribution is -0.122. The second kappa shape index (κ2) is 9.72. The van der Waals surface area contributed by atoms with Crippen LogP contribution >= 0.6 is 0 Å². The normalized spacial score (nSPS) is 20.7.